The number of aromatic nitrogens is 3. The summed E-state index contributed by atoms with van der Waals surface area (Å²) in [6.45, 7) is 7.12. The van der Waals surface area contributed by atoms with Crippen LogP contribution in [0.4, 0.5) is 19.0 Å². The lowest BCUT2D eigenvalue weighted by molar-refractivity contribution is -0.180. The highest BCUT2D eigenvalue weighted by Crippen LogP contribution is 2.42. The van der Waals surface area contributed by atoms with Gasteiger partial charge in [-0.15, -0.1) is 0 Å². The molecule has 0 spiro atoms. The molecule has 1 aliphatic heterocycles. The van der Waals surface area contributed by atoms with Crippen molar-refractivity contribution in [3.8, 4) is 11.9 Å². The number of hydrogen-bond acceptors (Lipinski definition) is 7. The maximum atomic E-state index is 14.0. The summed E-state index contributed by atoms with van der Waals surface area (Å²) in [5.41, 5.74) is 1.01. The van der Waals surface area contributed by atoms with Gasteiger partial charge in [0.05, 0.1) is 41.9 Å². The lowest BCUT2D eigenvalue weighted by Gasteiger charge is -2.29. The van der Waals surface area contributed by atoms with Crippen LogP contribution in [0.5, 0.6) is 5.88 Å². The fourth-order valence-corrected chi connectivity index (χ4v) is 5.10. The zero-order valence-corrected chi connectivity index (χ0v) is 25.9. The lowest BCUT2D eigenvalue weighted by Crippen LogP contribution is -2.36. The van der Waals surface area contributed by atoms with Gasteiger partial charge in [-0.3, -0.25) is 4.79 Å². The maximum Gasteiger partial charge on any atom is 0.397 e. The molecule has 11 heteroatoms. The van der Waals surface area contributed by atoms with Crippen LogP contribution in [0, 0.1) is 11.3 Å². The topological polar surface area (TPSA) is 102 Å². The number of rotatable bonds is 12. The molecular formula is C33H40F3N5O3. The fraction of sp³-hybridized carbons (Fsp3) is 0.515. The Kier molecular flexibility index (Phi) is 10.2. The molecule has 3 heterocycles. The number of nitrogens with zero attached hydrogens (tertiary/aromatic N) is 4. The number of carbonyl (C=O) groups excluding carboxylic acids is 1. The molecule has 1 aliphatic rings. The maximum absolute atomic E-state index is 14.0. The zero-order chi connectivity index (χ0) is 32.1. The predicted molar refractivity (Wildman–Crippen MR) is 161 cm³/mol. The third-order valence-electron chi connectivity index (χ3n) is 8.21. The molecule has 0 saturated heterocycles. The Bertz CT molecular complexity index is 1510. The van der Waals surface area contributed by atoms with E-state index in [0.717, 1.165) is 44.7 Å². The van der Waals surface area contributed by atoms with Crippen molar-refractivity contribution in [2.45, 2.75) is 89.8 Å². The van der Waals surface area contributed by atoms with Crippen LogP contribution in [0.2, 0.25) is 0 Å². The second-order valence-electron chi connectivity index (χ2n) is 11.9. The van der Waals surface area contributed by atoms with Gasteiger partial charge in [-0.2, -0.15) is 23.5 Å². The van der Waals surface area contributed by atoms with Crippen molar-refractivity contribution >= 4 is 11.8 Å². The molecule has 2 atom stereocenters. The van der Waals surface area contributed by atoms with Crippen molar-refractivity contribution in [2.24, 2.45) is 7.05 Å². The highest BCUT2D eigenvalue weighted by Gasteiger charge is 2.48. The first-order chi connectivity index (χ1) is 20.8. The summed E-state index contributed by atoms with van der Waals surface area (Å²) in [6.07, 6.45) is -1.37. The van der Waals surface area contributed by atoms with Gasteiger partial charge in [-0.05, 0) is 87.3 Å². The molecule has 1 aromatic carbocycles. The second kappa shape index (κ2) is 13.7. The Hall–Kier alpha value is -4.07. The van der Waals surface area contributed by atoms with E-state index in [1.807, 2.05) is 19.1 Å². The Labute approximate surface area is 256 Å². The van der Waals surface area contributed by atoms with E-state index in [1.54, 1.807) is 24.7 Å². The highest BCUT2D eigenvalue weighted by molar-refractivity contribution is 5.71. The van der Waals surface area contributed by atoms with Crippen LogP contribution in [0.1, 0.15) is 86.5 Å². The van der Waals surface area contributed by atoms with E-state index in [-0.39, 0.29) is 30.1 Å². The van der Waals surface area contributed by atoms with Gasteiger partial charge in [0.2, 0.25) is 5.88 Å². The molecular weight excluding hydrogens is 571 g/mol. The Balaban J connectivity index is 1.55. The average molecular weight is 612 g/mol. The van der Waals surface area contributed by atoms with Crippen molar-refractivity contribution < 1.29 is 27.4 Å². The quantitative estimate of drug-likeness (QED) is 0.231. The minimum atomic E-state index is -4.54. The monoisotopic (exact) mass is 611 g/mol. The van der Waals surface area contributed by atoms with Crippen molar-refractivity contribution in [2.75, 3.05) is 18.5 Å². The first-order valence-corrected chi connectivity index (χ1v) is 15.0. The molecule has 1 N–H and O–H groups in total. The molecule has 236 valence electrons. The summed E-state index contributed by atoms with van der Waals surface area (Å²) in [6, 6.07) is 12.1. The Morgan fingerprint density at radius 1 is 1.18 bits per heavy atom. The van der Waals surface area contributed by atoms with E-state index in [0.29, 0.717) is 36.6 Å². The van der Waals surface area contributed by atoms with Crippen LogP contribution in [-0.2, 0) is 41.3 Å². The summed E-state index contributed by atoms with van der Waals surface area (Å²) in [4.78, 5) is 17.6. The average Bonchev–Trinajstić information content (AvgIpc) is 3.33. The molecule has 0 bridgehead atoms. The number of hydrogen-bond donors (Lipinski definition) is 1. The fourth-order valence-electron chi connectivity index (χ4n) is 5.10. The van der Waals surface area contributed by atoms with Crippen molar-refractivity contribution in [3.05, 3.63) is 70.0 Å². The summed E-state index contributed by atoms with van der Waals surface area (Å²) in [5.74, 6) is 0.388. The Morgan fingerprint density at radius 3 is 2.66 bits per heavy atom. The number of esters is 1. The molecule has 0 amide bonds. The second-order valence-corrected chi connectivity index (χ2v) is 11.9. The molecule has 2 aromatic heterocycles. The summed E-state index contributed by atoms with van der Waals surface area (Å²) >= 11 is 0. The number of nitrogens with one attached hydrogen (secondary N) is 1. The number of ether oxygens (including phenoxy) is 2. The number of pyridine rings is 1. The minimum Gasteiger partial charge on any atom is -0.477 e. The van der Waals surface area contributed by atoms with Gasteiger partial charge < -0.3 is 14.8 Å². The van der Waals surface area contributed by atoms with Gasteiger partial charge in [0, 0.05) is 31.8 Å². The molecule has 0 fully saturated rings. The summed E-state index contributed by atoms with van der Waals surface area (Å²) < 4.78 is 55.0. The van der Waals surface area contributed by atoms with Crippen LogP contribution in [-0.4, -0.2) is 46.2 Å². The standard InChI is InChI=1S/C33H40F3N5O3/c1-6-21(2)44-30(42)18-25(24-14-22(20-37)15-26(16-24)32(3,4)33(34,35)36)17-28-19-29(41(5)40-28)43-13-11-27-10-9-23-8-7-12-38-31(23)39-27/h9-10,14-16,19,21,25H,6-8,11-13,17-18H2,1-5H3,(H,38,39). The van der Waals surface area contributed by atoms with E-state index in [1.165, 1.54) is 23.8 Å². The first kappa shape index (κ1) is 32.8. The van der Waals surface area contributed by atoms with E-state index in [4.69, 9.17) is 14.5 Å². The van der Waals surface area contributed by atoms with Crippen molar-refractivity contribution in [1.82, 2.24) is 14.8 Å². The lowest BCUT2D eigenvalue weighted by atomic mass is 9.80. The van der Waals surface area contributed by atoms with Crippen LogP contribution in [0.15, 0.2) is 36.4 Å². The highest BCUT2D eigenvalue weighted by atomic mass is 19.4. The van der Waals surface area contributed by atoms with Crippen molar-refractivity contribution in [1.29, 1.82) is 5.26 Å². The van der Waals surface area contributed by atoms with Crippen LogP contribution < -0.4 is 10.1 Å². The van der Waals surface area contributed by atoms with Crippen LogP contribution in [0.3, 0.4) is 0 Å². The SMILES string of the molecule is CCC(C)OC(=O)CC(Cc1cc(OCCc2ccc3c(n2)NCCC3)n(C)n1)c1cc(C#N)cc(C(C)(C)C(F)(F)F)c1. The number of halogens is 3. The number of anilines is 1. The molecule has 0 saturated carbocycles. The first-order valence-electron chi connectivity index (χ1n) is 15.0. The molecule has 0 aliphatic carbocycles. The third kappa shape index (κ3) is 7.90. The number of aryl methyl sites for hydroxylation is 2. The zero-order valence-electron chi connectivity index (χ0n) is 25.9. The van der Waals surface area contributed by atoms with E-state index < -0.39 is 23.5 Å². The number of alkyl halides is 3. The number of fused-ring (bicyclic) bond motifs is 1. The largest absolute Gasteiger partial charge is 0.477 e. The third-order valence-corrected chi connectivity index (χ3v) is 8.21. The van der Waals surface area contributed by atoms with Crippen molar-refractivity contribution in [3.63, 3.8) is 0 Å². The molecule has 4 rings (SSSR count). The number of carbonyl (C=O) groups is 1. The van der Waals surface area contributed by atoms with E-state index in [2.05, 4.69) is 16.5 Å². The predicted octanol–water partition coefficient (Wildman–Crippen LogP) is 6.56. The molecule has 2 unspecified atom stereocenters. The Morgan fingerprint density at radius 2 is 1.95 bits per heavy atom. The van der Waals surface area contributed by atoms with Gasteiger partial charge >= 0.3 is 12.1 Å². The smallest absolute Gasteiger partial charge is 0.397 e. The molecule has 0 radical (unpaired) electrons. The van der Waals surface area contributed by atoms with Gasteiger partial charge in [0.15, 0.2) is 0 Å². The summed E-state index contributed by atoms with van der Waals surface area (Å²) in [5, 5.41) is 17.6. The van der Waals surface area contributed by atoms with Gasteiger partial charge in [-0.1, -0.05) is 19.1 Å². The molecule has 8 nitrogen and oxygen atoms in total. The minimum absolute atomic E-state index is 0.0459. The molecule has 3 aromatic rings. The van der Waals surface area contributed by atoms with Gasteiger partial charge in [-0.25, -0.2) is 9.67 Å². The van der Waals surface area contributed by atoms with Crippen LogP contribution in [0.25, 0.3) is 0 Å². The van der Waals surface area contributed by atoms with E-state index >= 15 is 0 Å². The van der Waals surface area contributed by atoms with Gasteiger partial charge in [0.25, 0.3) is 0 Å². The number of nitriles is 1. The summed E-state index contributed by atoms with van der Waals surface area (Å²) in [7, 11) is 1.74. The van der Waals surface area contributed by atoms with Crippen LogP contribution >= 0.6 is 0 Å². The van der Waals surface area contributed by atoms with Gasteiger partial charge in [0.1, 0.15) is 5.82 Å². The normalized spacial score (nSPS) is 14.6. The molecule has 44 heavy (non-hydrogen) atoms. The number of benzene rings is 1. The van der Waals surface area contributed by atoms with E-state index in [9.17, 15) is 23.2 Å².